The van der Waals surface area contributed by atoms with Crippen LogP contribution in [0.1, 0.15) is 33.5 Å². The van der Waals surface area contributed by atoms with Gasteiger partial charge in [-0.05, 0) is 25.5 Å². The van der Waals surface area contributed by atoms with Gasteiger partial charge in [-0.15, -0.1) is 0 Å². The molecule has 0 bridgehead atoms. The highest BCUT2D eigenvalue weighted by atomic mass is 16.4. The largest absolute Gasteiger partial charge is 0.466 e. The summed E-state index contributed by atoms with van der Waals surface area (Å²) >= 11 is 0. The standard InChI is InChI=1S/C15H17N3O3/c1-9-8-12(10(2)21-9)15(19)17-13(14(16)18-20)11-6-4-3-5-7-11/h3-8,13,20H,1-2H3,(H2,16,18)(H,17,19). The zero-order valence-corrected chi connectivity index (χ0v) is 11.8. The molecule has 0 fully saturated rings. The molecule has 0 aliphatic rings. The zero-order valence-electron chi connectivity index (χ0n) is 11.8. The molecule has 1 aromatic carbocycles. The summed E-state index contributed by atoms with van der Waals surface area (Å²) in [5.41, 5.74) is 6.83. The van der Waals surface area contributed by atoms with Crippen molar-refractivity contribution in [2.75, 3.05) is 0 Å². The van der Waals surface area contributed by atoms with Gasteiger partial charge in [-0.3, -0.25) is 4.79 Å². The Hall–Kier alpha value is -2.76. The van der Waals surface area contributed by atoms with E-state index < -0.39 is 6.04 Å². The molecule has 2 rings (SSSR count). The van der Waals surface area contributed by atoms with Crippen molar-refractivity contribution in [1.29, 1.82) is 0 Å². The summed E-state index contributed by atoms with van der Waals surface area (Å²) in [5.74, 6) is 0.742. The number of hydrogen-bond donors (Lipinski definition) is 3. The van der Waals surface area contributed by atoms with E-state index in [-0.39, 0.29) is 11.7 Å². The predicted molar refractivity (Wildman–Crippen MR) is 78.2 cm³/mol. The molecule has 1 atom stereocenters. The molecular weight excluding hydrogens is 270 g/mol. The summed E-state index contributed by atoms with van der Waals surface area (Å²) in [6.07, 6.45) is 0. The summed E-state index contributed by atoms with van der Waals surface area (Å²) in [5, 5.41) is 14.6. The van der Waals surface area contributed by atoms with E-state index in [1.165, 1.54) is 0 Å². The molecule has 0 spiro atoms. The number of nitrogens with two attached hydrogens (primary N) is 1. The normalized spacial score (nSPS) is 13.0. The summed E-state index contributed by atoms with van der Waals surface area (Å²) in [7, 11) is 0. The number of oxime groups is 1. The number of furan rings is 1. The molecule has 4 N–H and O–H groups in total. The van der Waals surface area contributed by atoms with Crippen LogP contribution in [0.5, 0.6) is 0 Å². The maximum absolute atomic E-state index is 12.3. The van der Waals surface area contributed by atoms with E-state index in [0.717, 1.165) is 5.56 Å². The fraction of sp³-hybridized carbons (Fsp3) is 0.200. The molecule has 1 amide bonds. The Bertz CT molecular complexity index is 662. The minimum atomic E-state index is -0.710. The van der Waals surface area contributed by atoms with E-state index in [9.17, 15) is 4.79 Å². The van der Waals surface area contributed by atoms with Crippen molar-refractivity contribution in [3.63, 3.8) is 0 Å². The summed E-state index contributed by atoms with van der Waals surface area (Å²) in [4.78, 5) is 12.3. The van der Waals surface area contributed by atoms with E-state index in [1.807, 2.05) is 18.2 Å². The second-order valence-electron chi connectivity index (χ2n) is 4.67. The molecule has 0 saturated heterocycles. The lowest BCUT2D eigenvalue weighted by atomic mass is 10.1. The summed E-state index contributed by atoms with van der Waals surface area (Å²) < 4.78 is 5.34. The lowest BCUT2D eigenvalue weighted by Crippen LogP contribution is -2.37. The lowest BCUT2D eigenvalue weighted by molar-refractivity contribution is 0.0944. The van der Waals surface area contributed by atoms with Gasteiger partial charge in [0.05, 0.1) is 5.56 Å². The van der Waals surface area contributed by atoms with E-state index in [1.54, 1.807) is 32.0 Å². The van der Waals surface area contributed by atoms with Crippen molar-refractivity contribution in [3.8, 4) is 0 Å². The van der Waals surface area contributed by atoms with Crippen molar-refractivity contribution < 1.29 is 14.4 Å². The minimum absolute atomic E-state index is 0.0904. The number of carbonyl (C=O) groups excluding carboxylic acids is 1. The van der Waals surface area contributed by atoms with Gasteiger partial charge < -0.3 is 20.7 Å². The van der Waals surface area contributed by atoms with Crippen molar-refractivity contribution >= 4 is 11.7 Å². The van der Waals surface area contributed by atoms with Crippen LogP contribution in [0, 0.1) is 13.8 Å². The molecule has 1 heterocycles. The van der Waals surface area contributed by atoms with E-state index >= 15 is 0 Å². The SMILES string of the molecule is Cc1cc(C(=O)NC(/C(N)=N/O)c2ccccc2)c(C)o1. The molecule has 0 aliphatic heterocycles. The Labute approximate surface area is 122 Å². The van der Waals surface area contributed by atoms with E-state index in [0.29, 0.717) is 17.1 Å². The molecule has 6 nitrogen and oxygen atoms in total. The van der Waals surface area contributed by atoms with Gasteiger partial charge in [-0.1, -0.05) is 35.5 Å². The van der Waals surface area contributed by atoms with Gasteiger partial charge >= 0.3 is 0 Å². The molecule has 110 valence electrons. The quantitative estimate of drug-likeness (QED) is 0.347. The maximum Gasteiger partial charge on any atom is 0.255 e. The van der Waals surface area contributed by atoms with Crippen LogP contribution in [0.15, 0.2) is 46.0 Å². The highest BCUT2D eigenvalue weighted by molar-refractivity contribution is 5.99. The van der Waals surface area contributed by atoms with Gasteiger partial charge in [-0.25, -0.2) is 0 Å². The molecule has 0 saturated carbocycles. The Morgan fingerprint density at radius 3 is 2.52 bits per heavy atom. The van der Waals surface area contributed by atoms with Gasteiger partial charge in [0.15, 0.2) is 5.84 Å². The third kappa shape index (κ3) is 3.22. The second kappa shape index (κ2) is 6.13. The number of rotatable bonds is 4. The van der Waals surface area contributed by atoms with E-state index in [4.69, 9.17) is 15.4 Å². The average molecular weight is 287 g/mol. The molecular formula is C15H17N3O3. The van der Waals surface area contributed by atoms with Crippen molar-refractivity contribution in [1.82, 2.24) is 5.32 Å². The van der Waals surface area contributed by atoms with Crippen LogP contribution >= 0.6 is 0 Å². The fourth-order valence-electron chi connectivity index (χ4n) is 2.10. The lowest BCUT2D eigenvalue weighted by Gasteiger charge is -2.17. The Kier molecular flexibility index (Phi) is 4.27. The Morgan fingerprint density at radius 2 is 2.00 bits per heavy atom. The fourth-order valence-corrected chi connectivity index (χ4v) is 2.10. The number of benzene rings is 1. The van der Waals surface area contributed by atoms with E-state index in [2.05, 4.69) is 10.5 Å². The molecule has 1 aromatic heterocycles. The molecule has 0 radical (unpaired) electrons. The highest BCUT2D eigenvalue weighted by Crippen LogP contribution is 2.17. The van der Waals surface area contributed by atoms with Crippen molar-refractivity contribution in [2.45, 2.75) is 19.9 Å². The predicted octanol–water partition coefficient (Wildman–Crippen LogP) is 2.11. The summed E-state index contributed by atoms with van der Waals surface area (Å²) in [6, 6.07) is 9.99. The van der Waals surface area contributed by atoms with Crippen LogP contribution < -0.4 is 11.1 Å². The molecule has 6 heteroatoms. The van der Waals surface area contributed by atoms with Gasteiger partial charge in [0.1, 0.15) is 17.6 Å². The third-order valence-electron chi connectivity index (χ3n) is 3.11. The number of amides is 1. The maximum atomic E-state index is 12.3. The monoisotopic (exact) mass is 287 g/mol. The number of hydrogen-bond acceptors (Lipinski definition) is 4. The minimum Gasteiger partial charge on any atom is -0.466 e. The zero-order chi connectivity index (χ0) is 15.4. The topological polar surface area (TPSA) is 101 Å². The smallest absolute Gasteiger partial charge is 0.255 e. The molecule has 21 heavy (non-hydrogen) atoms. The van der Waals surface area contributed by atoms with Crippen LogP contribution in [-0.4, -0.2) is 17.0 Å². The molecule has 0 aliphatic carbocycles. The van der Waals surface area contributed by atoms with Crippen LogP contribution in [0.4, 0.5) is 0 Å². The second-order valence-corrected chi connectivity index (χ2v) is 4.67. The van der Waals surface area contributed by atoms with Crippen molar-refractivity contribution in [3.05, 3.63) is 59.0 Å². The number of aryl methyl sites for hydroxylation is 2. The summed E-state index contributed by atoms with van der Waals surface area (Å²) in [6.45, 7) is 3.48. The first kappa shape index (κ1) is 14.6. The van der Waals surface area contributed by atoms with Crippen LogP contribution in [0.3, 0.4) is 0 Å². The number of nitrogens with zero attached hydrogens (tertiary/aromatic N) is 1. The number of amidine groups is 1. The first-order chi connectivity index (χ1) is 10.0. The number of carbonyl (C=O) groups is 1. The average Bonchev–Trinajstić information content (AvgIpc) is 2.83. The highest BCUT2D eigenvalue weighted by Gasteiger charge is 2.22. The van der Waals surface area contributed by atoms with Gasteiger partial charge in [0.25, 0.3) is 5.91 Å². The molecule has 1 unspecified atom stereocenters. The van der Waals surface area contributed by atoms with Gasteiger partial charge in [0, 0.05) is 0 Å². The third-order valence-corrected chi connectivity index (χ3v) is 3.11. The Morgan fingerprint density at radius 1 is 1.33 bits per heavy atom. The van der Waals surface area contributed by atoms with Crippen LogP contribution in [0.25, 0.3) is 0 Å². The van der Waals surface area contributed by atoms with Crippen LogP contribution in [-0.2, 0) is 0 Å². The first-order valence-corrected chi connectivity index (χ1v) is 6.43. The van der Waals surface area contributed by atoms with Crippen molar-refractivity contribution in [2.24, 2.45) is 10.9 Å². The Balaban J connectivity index is 2.28. The van der Waals surface area contributed by atoms with Gasteiger partial charge in [-0.2, -0.15) is 0 Å². The number of nitrogens with one attached hydrogen (secondary N) is 1. The van der Waals surface area contributed by atoms with Crippen LogP contribution in [0.2, 0.25) is 0 Å². The van der Waals surface area contributed by atoms with Gasteiger partial charge in [0.2, 0.25) is 0 Å². The first-order valence-electron chi connectivity index (χ1n) is 6.43. The molecule has 2 aromatic rings.